The summed E-state index contributed by atoms with van der Waals surface area (Å²) in [5, 5.41) is 0. The van der Waals surface area contributed by atoms with Crippen molar-refractivity contribution < 1.29 is 4.74 Å². The maximum Gasteiger partial charge on any atom is 0.0488 e. The minimum Gasteiger partial charge on any atom is -0.384 e. The fraction of sp³-hybridized carbons (Fsp3) is 1.00. The van der Waals surface area contributed by atoms with E-state index in [4.69, 9.17) is 10.5 Å². The molecular weight excluding hydrogens is 150 g/mol. The molecule has 0 aromatic carbocycles. The summed E-state index contributed by atoms with van der Waals surface area (Å²) in [4.78, 5) is 0. The molecule has 0 saturated carbocycles. The lowest BCUT2D eigenvalue weighted by Gasteiger charge is -2.29. The van der Waals surface area contributed by atoms with E-state index in [2.05, 4.69) is 27.7 Å². The molecule has 0 amide bonds. The van der Waals surface area contributed by atoms with E-state index in [-0.39, 0.29) is 11.5 Å². The summed E-state index contributed by atoms with van der Waals surface area (Å²) in [7, 11) is 1.74. The van der Waals surface area contributed by atoms with Crippen LogP contribution in [0.4, 0.5) is 0 Å². The second-order valence-electron chi connectivity index (χ2n) is 4.77. The number of rotatable bonds is 4. The second kappa shape index (κ2) is 4.83. The van der Waals surface area contributed by atoms with Gasteiger partial charge in [0, 0.05) is 19.8 Å². The van der Waals surface area contributed by atoms with Crippen LogP contribution in [0, 0.1) is 11.3 Å². The first-order valence-corrected chi connectivity index (χ1v) is 4.62. The number of hydrogen-bond donors (Lipinski definition) is 1. The van der Waals surface area contributed by atoms with Crippen LogP contribution in [0.15, 0.2) is 0 Å². The lowest BCUT2D eigenvalue weighted by Crippen LogP contribution is -2.37. The molecule has 2 unspecified atom stereocenters. The Balaban J connectivity index is 3.76. The lowest BCUT2D eigenvalue weighted by atomic mass is 9.82. The molecule has 12 heavy (non-hydrogen) atoms. The molecule has 2 nitrogen and oxygen atoms in total. The molecule has 0 bridgehead atoms. The van der Waals surface area contributed by atoms with Crippen LogP contribution >= 0.6 is 0 Å². The third-order valence-electron chi connectivity index (χ3n) is 2.22. The van der Waals surface area contributed by atoms with Crippen LogP contribution < -0.4 is 5.73 Å². The van der Waals surface area contributed by atoms with Crippen LogP contribution in [-0.2, 0) is 4.74 Å². The van der Waals surface area contributed by atoms with E-state index in [1.807, 2.05) is 0 Å². The highest BCUT2D eigenvalue weighted by atomic mass is 16.5. The fourth-order valence-corrected chi connectivity index (χ4v) is 1.14. The van der Waals surface area contributed by atoms with Crippen molar-refractivity contribution >= 4 is 0 Å². The van der Waals surface area contributed by atoms with Gasteiger partial charge in [-0.1, -0.05) is 27.7 Å². The second-order valence-corrected chi connectivity index (χ2v) is 4.77. The zero-order chi connectivity index (χ0) is 9.78. The van der Waals surface area contributed by atoms with Crippen LogP contribution in [0.3, 0.4) is 0 Å². The highest BCUT2D eigenvalue weighted by Crippen LogP contribution is 2.22. The Bertz CT molecular complexity index is 117. The summed E-state index contributed by atoms with van der Waals surface area (Å²) in [6.45, 7) is 9.52. The Hall–Kier alpha value is -0.0800. The summed E-state index contributed by atoms with van der Waals surface area (Å²) < 4.78 is 5.06. The topological polar surface area (TPSA) is 35.2 Å². The van der Waals surface area contributed by atoms with Crippen molar-refractivity contribution in [2.24, 2.45) is 17.1 Å². The van der Waals surface area contributed by atoms with Crippen LogP contribution in [0.2, 0.25) is 0 Å². The highest BCUT2D eigenvalue weighted by Gasteiger charge is 2.22. The van der Waals surface area contributed by atoms with Crippen molar-refractivity contribution in [1.82, 2.24) is 0 Å². The van der Waals surface area contributed by atoms with E-state index < -0.39 is 0 Å². The Morgan fingerprint density at radius 2 is 1.83 bits per heavy atom. The molecular formula is C10H23NO. The number of methoxy groups -OCH3 is 1. The molecule has 0 saturated heterocycles. The third kappa shape index (κ3) is 4.73. The number of ether oxygens (including phenoxy) is 1. The van der Waals surface area contributed by atoms with Gasteiger partial charge in [0.1, 0.15) is 0 Å². The average Bonchev–Trinajstić information content (AvgIpc) is 1.85. The summed E-state index contributed by atoms with van der Waals surface area (Å²) in [6.07, 6.45) is 1.04. The van der Waals surface area contributed by atoms with Gasteiger partial charge in [0.15, 0.2) is 0 Å². The van der Waals surface area contributed by atoms with Crippen LogP contribution in [0.25, 0.3) is 0 Å². The van der Waals surface area contributed by atoms with E-state index in [1.54, 1.807) is 7.11 Å². The van der Waals surface area contributed by atoms with Crippen molar-refractivity contribution in [3.63, 3.8) is 0 Å². The first-order chi connectivity index (χ1) is 5.38. The maximum atomic E-state index is 6.03. The zero-order valence-corrected chi connectivity index (χ0v) is 9.05. The molecule has 0 rings (SSSR count). The highest BCUT2D eigenvalue weighted by molar-refractivity contribution is 4.78. The van der Waals surface area contributed by atoms with Gasteiger partial charge in [-0.05, 0) is 17.8 Å². The first kappa shape index (κ1) is 11.9. The standard InChI is InChI=1S/C10H23NO/c1-8(7-12-5)6-9(11)10(2,3)4/h8-9H,6-7,11H2,1-5H3. The summed E-state index contributed by atoms with van der Waals surface area (Å²) in [6, 6.07) is 0.266. The largest absolute Gasteiger partial charge is 0.384 e. The van der Waals surface area contributed by atoms with E-state index in [0.717, 1.165) is 13.0 Å². The number of nitrogens with two attached hydrogens (primary N) is 1. The van der Waals surface area contributed by atoms with E-state index in [1.165, 1.54) is 0 Å². The molecule has 0 fully saturated rings. The van der Waals surface area contributed by atoms with Gasteiger partial charge in [0.05, 0.1) is 0 Å². The zero-order valence-electron chi connectivity index (χ0n) is 9.05. The Labute approximate surface area is 76.5 Å². The van der Waals surface area contributed by atoms with Crippen LogP contribution in [0.1, 0.15) is 34.1 Å². The number of hydrogen-bond acceptors (Lipinski definition) is 2. The molecule has 2 heteroatoms. The quantitative estimate of drug-likeness (QED) is 0.706. The van der Waals surface area contributed by atoms with Crippen LogP contribution in [0.5, 0.6) is 0 Å². The summed E-state index contributed by atoms with van der Waals surface area (Å²) in [5.74, 6) is 0.559. The van der Waals surface area contributed by atoms with Gasteiger partial charge in [-0.2, -0.15) is 0 Å². The van der Waals surface area contributed by atoms with Crippen molar-refractivity contribution in [2.75, 3.05) is 13.7 Å². The minimum atomic E-state index is 0.210. The van der Waals surface area contributed by atoms with Gasteiger partial charge in [-0.15, -0.1) is 0 Å². The van der Waals surface area contributed by atoms with Crippen LogP contribution in [-0.4, -0.2) is 19.8 Å². The first-order valence-electron chi connectivity index (χ1n) is 4.62. The van der Waals surface area contributed by atoms with Crippen molar-refractivity contribution in [1.29, 1.82) is 0 Å². The minimum absolute atomic E-state index is 0.210. The van der Waals surface area contributed by atoms with Crippen molar-refractivity contribution in [2.45, 2.75) is 40.2 Å². The van der Waals surface area contributed by atoms with Gasteiger partial charge in [-0.25, -0.2) is 0 Å². The fourth-order valence-electron chi connectivity index (χ4n) is 1.14. The molecule has 0 aliphatic carbocycles. The van der Waals surface area contributed by atoms with Gasteiger partial charge in [0.2, 0.25) is 0 Å². The monoisotopic (exact) mass is 173 g/mol. The Morgan fingerprint density at radius 3 is 2.17 bits per heavy atom. The molecule has 0 radical (unpaired) electrons. The van der Waals surface area contributed by atoms with E-state index in [0.29, 0.717) is 5.92 Å². The smallest absolute Gasteiger partial charge is 0.0488 e. The Kier molecular flexibility index (Phi) is 4.80. The lowest BCUT2D eigenvalue weighted by molar-refractivity contribution is 0.141. The van der Waals surface area contributed by atoms with Crippen molar-refractivity contribution in [3.05, 3.63) is 0 Å². The maximum absolute atomic E-state index is 6.03. The molecule has 0 aliphatic rings. The van der Waals surface area contributed by atoms with Crippen molar-refractivity contribution in [3.8, 4) is 0 Å². The molecule has 74 valence electrons. The van der Waals surface area contributed by atoms with E-state index in [9.17, 15) is 0 Å². The third-order valence-corrected chi connectivity index (χ3v) is 2.22. The SMILES string of the molecule is COCC(C)CC(N)C(C)(C)C. The average molecular weight is 173 g/mol. The van der Waals surface area contributed by atoms with Gasteiger partial charge >= 0.3 is 0 Å². The summed E-state index contributed by atoms with van der Waals surface area (Å²) in [5.41, 5.74) is 6.24. The molecule has 0 aromatic rings. The molecule has 2 atom stereocenters. The van der Waals surface area contributed by atoms with Gasteiger partial charge in [0.25, 0.3) is 0 Å². The molecule has 0 aromatic heterocycles. The Morgan fingerprint density at radius 1 is 1.33 bits per heavy atom. The normalized spacial score (nSPS) is 17.5. The predicted molar refractivity (Wildman–Crippen MR) is 53.1 cm³/mol. The van der Waals surface area contributed by atoms with Gasteiger partial charge in [-0.3, -0.25) is 0 Å². The summed E-state index contributed by atoms with van der Waals surface area (Å²) >= 11 is 0. The van der Waals surface area contributed by atoms with E-state index >= 15 is 0 Å². The molecule has 0 aliphatic heterocycles. The predicted octanol–water partition coefficient (Wildman–Crippen LogP) is 2.03. The molecule has 0 heterocycles. The molecule has 0 spiro atoms. The molecule has 2 N–H and O–H groups in total. The van der Waals surface area contributed by atoms with Gasteiger partial charge < -0.3 is 10.5 Å².